The minimum Gasteiger partial charge on any atom is -0.383 e. The van der Waals surface area contributed by atoms with Crippen molar-refractivity contribution in [3.8, 4) is 10.4 Å². The van der Waals surface area contributed by atoms with E-state index in [1.165, 1.54) is 15.3 Å². The highest BCUT2D eigenvalue weighted by molar-refractivity contribution is 7.91. The van der Waals surface area contributed by atoms with Gasteiger partial charge in [0.05, 0.1) is 11.1 Å². The summed E-state index contributed by atoms with van der Waals surface area (Å²) in [7, 11) is -2.21. The van der Waals surface area contributed by atoms with Gasteiger partial charge in [-0.05, 0) is 57.4 Å². The van der Waals surface area contributed by atoms with Crippen LogP contribution >= 0.6 is 22.9 Å². The van der Waals surface area contributed by atoms with Crippen LogP contribution in [0.25, 0.3) is 21.5 Å². The Morgan fingerprint density at radius 1 is 1.22 bits per heavy atom. The van der Waals surface area contributed by atoms with Gasteiger partial charge < -0.3 is 5.11 Å². The summed E-state index contributed by atoms with van der Waals surface area (Å²) in [6.07, 6.45) is 14.2. The van der Waals surface area contributed by atoms with Crippen LogP contribution in [0.3, 0.4) is 0 Å². The zero-order valence-electron chi connectivity index (χ0n) is 20.6. The molecule has 4 heterocycles. The van der Waals surface area contributed by atoms with Crippen LogP contribution < -0.4 is 0 Å². The van der Waals surface area contributed by atoms with Gasteiger partial charge in [0.15, 0.2) is 5.65 Å². The second-order valence-electron chi connectivity index (χ2n) is 9.99. The topological polar surface area (TPSA) is 103 Å². The average Bonchev–Trinajstić information content (AvgIpc) is 3.57. The van der Waals surface area contributed by atoms with E-state index >= 15 is 0 Å². The maximum atomic E-state index is 14.4. The molecule has 2 aliphatic rings. The van der Waals surface area contributed by atoms with Crippen molar-refractivity contribution in [2.24, 2.45) is 7.05 Å². The molecule has 11 heteroatoms. The van der Waals surface area contributed by atoms with Gasteiger partial charge in [-0.2, -0.15) is 5.10 Å². The van der Waals surface area contributed by atoms with Crippen molar-refractivity contribution in [1.82, 2.24) is 23.7 Å². The molecule has 192 valence electrons. The van der Waals surface area contributed by atoms with Crippen molar-refractivity contribution < 1.29 is 13.5 Å². The average molecular weight is 556 g/mol. The van der Waals surface area contributed by atoms with Gasteiger partial charge in [0.25, 0.3) is 0 Å². The molecule has 1 fully saturated rings. The predicted molar refractivity (Wildman–Crippen MR) is 145 cm³/mol. The number of aryl methyl sites for hydroxylation is 1. The van der Waals surface area contributed by atoms with Crippen molar-refractivity contribution in [2.45, 2.75) is 49.4 Å². The zero-order chi connectivity index (χ0) is 26.2. The summed E-state index contributed by atoms with van der Waals surface area (Å²) in [6, 6.07) is 3.62. The minimum absolute atomic E-state index is 0.330. The third-order valence-electron chi connectivity index (χ3n) is 7.82. The van der Waals surface area contributed by atoms with E-state index in [0.29, 0.717) is 33.9 Å². The molecule has 2 unspecified atom stereocenters. The van der Waals surface area contributed by atoms with Crippen LogP contribution in [-0.2, 0) is 22.7 Å². The monoisotopic (exact) mass is 555 g/mol. The summed E-state index contributed by atoms with van der Waals surface area (Å²) in [5, 5.41) is 16.8. The van der Waals surface area contributed by atoms with Crippen LogP contribution in [0.2, 0.25) is 0 Å². The van der Waals surface area contributed by atoms with E-state index in [9.17, 15) is 13.5 Å². The van der Waals surface area contributed by atoms with Gasteiger partial charge in [0.2, 0.25) is 10.0 Å². The predicted octanol–water partition coefficient (Wildman–Crippen LogP) is 4.99. The molecule has 2 atom stereocenters. The van der Waals surface area contributed by atoms with E-state index in [-0.39, 0.29) is 0 Å². The van der Waals surface area contributed by atoms with Crippen molar-refractivity contribution in [3.63, 3.8) is 0 Å². The number of nitrogens with zero attached hydrogens (tertiary/aromatic N) is 5. The van der Waals surface area contributed by atoms with E-state index in [4.69, 9.17) is 11.6 Å². The van der Waals surface area contributed by atoms with E-state index in [1.54, 1.807) is 54.6 Å². The summed E-state index contributed by atoms with van der Waals surface area (Å²) >= 11 is 7.82. The van der Waals surface area contributed by atoms with Crippen LogP contribution in [-0.4, -0.2) is 42.0 Å². The molecular formula is C26H26ClN5O3S2. The molecule has 0 bridgehead atoms. The Morgan fingerprint density at radius 3 is 2.68 bits per heavy atom. The first kappa shape index (κ1) is 24.5. The summed E-state index contributed by atoms with van der Waals surface area (Å²) in [5.74, 6) is -0.499. The fraction of sp³-hybridized carbons (Fsp3) is 0.346. The molecule has 1 N–H and O–H groups in total. The Kier molecular flexibility index (Phi) is 5.54. The van der Waals surface area contributed by atoms with E-state index in [1.807, 2.05) is 26.1 Å². The first-order valence-corrected chi connectivity index (χ1v) is 14.6. The smallest absolute Gasteiger partial charge is 0.250 e. The van der Waals surface area contributed by atoms with Crippen molar-refractivity contribution in [1.29, 1.82) is 0 Å². The molecular weight excluding hydrogens is 530 g/mol. The van der Waals surface area contributed by atoms with Gasteiger partial charge in [-0.15, -0.1) is 11.3 Å². The number of thiazole rings is 1. The standard InChI is InChI=1S/C26H26ClN5O3S2/c1-16-20(14-30-31(16)3)21-6-5-17(27)13-25(21,2)37(34,35)32-12-8-19-18(7-11-28-23(19)32)22-15-29-24(36-22)26(33)9-4-10-26/h5-8,11-15,21,33H,4,9-10H2,1-3H3. The second-order valence-corrected chi connectivity index (χ2v) is 13.7. The van der Waals surface area contributed by atoms with Gasteiger partial charge in [-0.1, -0.05) is 17.7 Å². The molecule has 2 aliphatic carbocycles. The normalized spacial score (nSPS) is 23.3. The zero-order valence-corrected chi connectivity index (χ0v) is 23.0. The molecule has 1 saturated carbocycles. The molecule has 4 aromatic heterocycles. The molecule has 4 aromatic rings. The third kappa shape index (κ3) is 3.57. The number of fused-ring (bicyclic) bond motifs is 1. The summed E-state index contributed by atoms with van der Waals surface area (Å²) < 4.78 is 30.4. The molecule has 0 radical (unpaired) electrons. The van der Waals surface area contributed by atoms with E-state index in [0.717, 1.165) is 28.1 Å². The number of halogens is 1. The summed E-state index contributed by atoms with van der Waals surface area (Å²) in [6.45, 7) is 3.61. The number of aromatic nitrogens is 5. The highest BCUT2D eigenvalue weighted by Crippen LogP contribution is 2.46. The molecule has 0 saturated heterocycles. The lowest BCUT2D eigenvalue weighted by atomic mass is 9.81. The number of allylic oxidation sites excluding steroid dienone is 3. The largest absolute Gasteiger partial charge is 0.383 e. The quantitative estimate of drug-likeness (QED) is 0.372. The molecule has 0 amide bonds. The maximum absolute atomic E-state index is 14.4. The second kappa shape index (κ2) is 8.36. The Bertz CT molecular complexity index is 1710. The van der Waals surface area contributed by atoms with Crippen LogP contribution in [0.1, 0.15) is 48.4 Å². The lowest BCUT2D eigenvalue weighted by Gasteiger charge is -2.35. The number of rotatable bonds is 5. The number of pyridine rings is 1. The highest BCUT2D eigenvalue weighted by Gasteiger charge is 2.48. The van der Waals surface area contributed by atoms with Crippen molar-refractivity contribution >= 4 is 44.0 Å². The minimum atomic E-state index is -4.04. The Hall–Kier alpha value is -2.79. The molecule has 37 heavy (non-hydrogen) atoms. The Morgan fingerprint density at radius 2 is 2.00 bits per heavy atom. The van der Waals surface area contributed by atoms with E-state index in [2.05, 4.69) is 15.1 Å². The maximum Gasteiger partial charge on any atom is 0.250 e. The number of aliphatic hydroxyl groups is 1. The lowest BCUT2D eigenvalue weighted by molar-refractivity contribution is -0.0389. The van der Waals surface area contributed by atoms with Gasteiger partial charge in [0.1, 0.15) is 15.4 Å². The van der Waals surface area contributed by atoms with Gasteiger partial charge in [0, 0.05) is 58.8 Å². The third-order valence-corrected chi connectivity index (χ3v) is 11.6. The van der Waals surface area contributed by atoms with Crippen LogP contribution in [0.15, 0.2) is 60.2 Å². The van der Waals surface area contributed by atoms with Crippen LogP contribution in [0.4, 0.5) is 0 Å². The SMILES string of the molecule is Cc1c(C2C=CC(Cl)=CC2(C)S(=O)(=O)n2ccc3c(-c4cnc(C5(O)CCC5)s4)ccnc32)cnn1C. The number of hydrogen-bond donors (Lipinski definition) is 1. The van der Waals surface area contributed by atoms with Crippen molar-refractivity contribution in [2.75, 3.05) is 0 Å². The number of hydrogen-bond acceptors (Lipinski definition) is 7. The van der Waals surface area contributed by atoms with Gasteiger partial charge >= 0.3 is 0 Å². The first-order valence-electron chi connectivity index (χ1n) is 12.0. The fourth-order valence-corrected chi connectivity index (χ4v) is 8.52. The van der Waals surface area contributed by atoms with Crippen LogP contribution in [0.5, 0.6) is 0 Å². The van der Waals surface area contributed by atoms with E-state index < -0.39 is 26.3 Å². The highest BCUT2D eigenvalue weighted by atomic mass is 35.5. The molecule has 8 nitrogen and oxygen atoms in total. The van der Waals surface area contributed by atoms with Gasteiger partial charge in [-0.25, -0.2) is 22.4 Å². The molecule has 0 spiro atoms. The Balaban J connectivity index is 1.47. The molecule has 0 aromatic carbocycles. The van der Waals surface area contributed by atoms with Crippen LogP contribution in [0, 0.1) is 6.92 Å². The Labute approximate surface area is 224 Å². The summed E-state index contributed by atoms with van der Waals surface area (Å²) in [5.41, 5.74) is 2.01. The summed E-state index contributed by atoms with van der Waals surface area (Å²) in [4.78, 5) is 9.81. The van der Waals surface area contributed by atoms with Gasteiger partial charge in [-0.3, -0.25) is 4.68 Å². The molecule has 6 rings (SSSR count). The van der Waals surface area contributed by atoms with Crippen molar-refractivity contribution in [3.05, 3.63) is 76.4 Å². The molecule has 0 aliphatic heterocycles. The fourth-order valence-electron chi connectivity index (χ4n) is 5.23. The first-order chi connectivity index (χ1) is 17.5. The lowest BCUT2D eigenvalue weighted by Crippen LogP contribution is -2.43.